The molecule has 0 saturated carbocycles. The van der Waals surface area contributed by atoms with Crippen molar-refractivity contribution in [3.63, 3.8) is 0 Å². The quantitative estimate of drug-likeness (QED) is 0.0394. The van der Waals surface area contributed by atoms with Crippen LogP contribution in [0.5, 0.6) is 0 Å². The van der Waals surface area contributed by atoms with E-state index >= 15 is 0 Å². The van der Waals surface area contributed by atoms with Crippen molar-refractivity contribution in [2.75, 3.05) is 47.4 Å². The van der Waals surface area contributed by atoms with Gasteiger partial charge in [-0.15, -0.1) is 0 Å². The van der Waals surface area contributed by atoms with E-state index in [0.717, 1.165) is 35.1 Å². The second-order valence-corrected chi connectivity index (χ2v) is 22.3. The van der Waals surface area contributed by atoms with Gasteiger partial charge in [-0.1, -0.05) is 125 Å². The maximum Gasteiger partial charge on any atom is 0.471 e. The first-order valence-corrected chi connectivity index (χ1v) is 27.1. The lowest BCUT2D eigenvalue weighted by Gasteiger charge is -2.25. The summed E-state index contributed by atoms with van der Waals surface area (Å²) in [6.07, 6.45) is -2.16. The summed E-state index contributed by atoms with van der Waals surface area (Å²) in [4.78, 5) is 74.9. The predicted molar refractivity (Wildman–Crippen MR) is 319 cm³/mol. The molecule has 2 aliphatic rings. The Morgan fingerprint density at radius 1 is 0.600 bits per heavy atom. The van der Waals surface area contributed by atoms with E-state index in [4.69, 9.17) is 39.1 Å². The number of alkyl halides is 6. The number of nitrogens with zero attached hydrogens (tertiary/aromatic N) is 4. The molecule has 24 heteroatoms. The molecule has 0 saturated heterocycles. The number of benzene rings is 4. The van der Waals surface area contributed by atoms with E-state index in [2.05, 4.69) is 71.9 Å². The van der Waals surface area contributed by atoms with Crippen LogP contribution >= 0.6 is 23.2 Å². The monoisotopic (exact) mass is 1220 g/mol. The lowest BCUT2D eigenvalue weighted by molar-refractivity contribution is -0.167. The summed E-state index contributed by atoms with van der Waals surface area (Å²) >= 11 is 12.9. The molecule has 16 nitrogen and oxygen atoms in total. The van der Waals surface area contributed by atoms with Crippen molar-refractivity contribution < 1.29 is 56.4 Å². The number of rotatable bonds is 16. The Hall–Kier alpha value is -8.37. The highest BCUT2D eigenvalue weighted by Gasteiger charge is 2.38. The zero-order valence-corrected chi connectivity index (χ0v) is 49.3. The summed E-state index contributed by atoms with van der Waals surface area (Å²) in [5, 5.41) is 17.7. The van der Waals surface area contributed by atoms with Crippen LogP contribution in [0.2, 0.25) is 10.0 Å². The van der Waals surface area contributed by atoms with Crippen LogP contribution in [-0.2, 0) is 27.2 Å². The maximum absolute atomic E-state index is 12.7. The fourth-order valence-corrected chi connectivity index (χ4v) is 8.32. The topological polar surface area (TPSA) is 218 Å². The Kier molecular flexibility index (Phi) is 22.8. The van der Waals surface area contributed by atoms with Gasteiger partial charge in [-0.05, 0) is 115 Å². The molecule has 0 fully saturated rings. The van der Waals surface area contributed by atoms with Gasteiger partial charge in [0.2, 0.25) is 18.2 Å². The summed E-state index contributed by atoms with van der Waals surface area (Å²) in [7, 11) is 0. The summed E-state index contributed by atoms with van der Waals surface area (Å²) in [6.45, 7) is 17.3. The molecular weight excluding hydrogens is 1150 g/mol. The van der Waals surface area contributed by atoms with E-state index in [0.29, 0.717) is 77.7 Å². The molecule has 6 N–H and O–H groups in total. The molecule has 0 aliphatic heterocycles. The number of amides is 4. The van der Waals surface area contributed by atoms with Crippen molar-refractivity contribution in [1.82, 2.24) is 30.6 Å². The minimum absolute atomic E-state index is 0.0624. The van der Waals surface area contributed by atoms with E-state index in [9.17, 15) is 45.5 Å². The molecule has 0 atom stereocenters. The highest BCUT2D eigenvalue weighted by atomic mass is 35.5. The fraction of sp³-hybridized carbons (Fsp3) is 0.328. The van der Waals surface area contributed by atoms with Crippen LogP contribution in [-0.4, -0.2) is 94.2 Å². The number of nitrogens with one attached hydrogen (secondary N) is 6. The van der Waals surface area contributed by atoms with Crippen molar-refractivity contribution in [2.45, 2.75) is 93.1 Å². The summed E-state index contributed by atoms with van der Waals surface area (Å²) in [5.74, 6) is -1.80. The first kappa shape index (κ1) is 65.8. The molecule has 0 spiro atoms. The molecule has 4 aromatic carbocycles. The van der Waals surface area contributed by atoms with Crippen LogP contribution in [0.25, 0.3) is 11.1 Å². The van der Waals surface area contributed by atoms with E-state index in [1.54, 1.807) is 69.7 Å². The van der Waals surface area contributed by atoms with Crippen LogP contribution in [0.4, 0.5) is 54.4 Å². The number of anilines is 4. The normalized spacial score (nSPS) is 12.7. The van der Waals surface area contributed by atoms with Gasteiger partial charge >= 0.3 is 24.4 Å². The van der Waals surface area contributed by atoms with Crippen LogP contribution in [0, 0.1) is 10.8 Å². The molecule has 452 valence electrons. The molecule has 2 heterocycles. The number of aromatic nitrogens is 4. The Balaban J connectivity index is 0.000000275. The number of halogens is 8. The third-order valence-corrected chi connectivity index (χ3v) is 12.7. The first-order valence-electron chi connectivity index (χ1n) is 27.1. The second kappa shape index (κ2) is 29.4. The number of allylic oxidation sites excluding steroid dienone is 2. The van der Waals surface area contributed by atoms with Gasteiger partial charge in [-0.25, -0.2) is 24.7 Å². The van der Waals surface area contributed by atoms with Crippen LogP contribution in [0.1, 0.15) is 118 Å². The molecule has 6 aromatic rings. The van der Waals surface area contributed by atoms with Crippen molar-refractivity contribution in [2.24, 2.45) is 10.8 Å². The largest absolute Gasteiger partial charge is 0.471 e. The van der Waals surface area contributed by atoms with Gasteiger partial charge in [0.25, 0.3) is 11.8 Å². The zero-order valence-electron chi connectivity index (χ0n) is 48.8. The molecule has 2 aliphatic carbocycles. The van der Waals surface area contributed by atoms with Gasteiger partial charge in [-0.3, -0.25) is 24.5 Å². The summed E-state index contributed by atoms with van der Waals surface area (Å²) < 4.78 is 79.9. The Labute approximate surface area is 500 Å². The highest BCUT2D eigenvalue weighted by Crippen LogP contribution is 2.37. The van der Waals surface area contributed by atoms with Crippen LogP contribution < -0.4 is 31.9 Å². The van der Waals surface area contributed by atoms with Crippen LogP contribution in [0.3, 0.4) is 0 Å². The second-order valence-electron chi connectivity index (χ2n) is 21.5. The van der Waals surface area contributed by atoms with E-state index in [1.165, 1.54) is 35.4 Å². The van der Waals surface area contributed by atoms with Gasteiger partial charge in [0.15, 0.2) is 0 Å². The number of carbonyl (C=O) groups is 5. The minimum Gasteiger partial charge on any atom is -0.444 e. The van der Waals surface area contributed by atoms with Crippen molar-refractivity contribution in [3.8, 4) is 0 Å². The number of carbonyl (C=O) groups excluding carboxylic acids is 5. The van der Waals surface area contributed by atoms with Gasteiger partial charge in [0.05, 0.1) is 33.8 Å². The molecule has 2 aromatic heterocycles. The number of ether oxygens (including phenoxy) is 1. The maximum atomic E-state index is 12.7. The average molecular weight is 1220 g/mol. The number of aldehydes is 1. The fourth-order valence-electron chi connectivity index (χ4n) is 7.94. The number of fused-ring (bicyclic) bond motifs is 2. The van der Waals surface area contributed by atoms with Crippen LogP contribution in [0.15, 0.2) is 122 Å². The van der Waals surface area contributed by atoms with Gasteiger partial charge in [0, 0.05) is 61.2 Å². The standard InChI is InChI=1S/C30H34ClN5O3.C27H25ClF3N5O2.C2HF3O.C2H6/c1-29(2,3)39-28(38)35-21-13-10-20(11-14-21)26(37)33-17-30(4,5)18-34-27-32-16-24(31)25(36-27)23-15-12-19-8-6-7-9-22(19)23;1-26(2,14-33-23(37)17-7-10-18(11-8-17)35-24(38)27(29,30)31)15-34-25-32-13-21(28)22(36-25)20-12-9-16-5-3-4-6-19(16)20;3-2(4,5)1-6;1-2/h6-11,13-16H,12,17-18H2,1-5H3,(H,33,37)(H,35,38)(H,32,34,36);3-8,10-13H,9,14-15H2,1-2H3,(H,33,37)(H,35,38)(H,32,34,36);1H;1-2H3/i;;;1D. The smallest absolute Gasteiger partial charge is 0.444 e. The zero-order chi connectivity index (χ0) is 63.6. The van der Waals surface area contributed by atoms with Gasteiger partial charge < -0.3 is 31.3 Å². The average Bonchev–Trinajstić information content (AvgIpc) is 2.00. The lowest BCUT2D eigenvalue weighted by Crippen LogP contribution is -2.38. The molecular formula is C61H66Cl2F6N10O6. The third-order valence-electron chi connectivity index (χ3n) is 12.2. The Bertz CT molecular complexity index is 3410. The van der Waals surface area contributed by atoms with E-state index in [-0.39, 0.29) is 22.6 Å². The van der Waals surface area contributed by atoms with Crippen molar-refractivity contribution in [1.29, 1.82) is 0 Å². The van der Waals surface area contributed by atoms with Gasteiger partial charge in [-0.2, -0.15) is 26.3 Å². The van der Waals surface area contributed by atoms with E-state index < -0.39 is 47.6 Å². The molecule has 0 unspecified atom stereocenters. The molecule has 85 heavy (non-hydrogen) atoms. The Morgan fingerprint density at radius 3 is 1.34 bits per heavy atom. The number of hydrogen-bond acceptors (Lipinski definition) is 12. The Morgan fingerprint density at radius 2 is 0.976 bits per heavy atom. The summed E-state index contributed by atoms with van der Waals surface area (Å²) in [5.41, 5.74) is 7.96. The van der Waals surface area contributed by atoms with Crippen molar-refractivity contribution in [3.05, 3.63) is 176 Å². The highest BCUT2D eigenvalue weighted by molar-refractivity contribution is 6.32. The predicted octanol–water partition coefficient (Wildman–Crippen LogP) is 13.6. The molecule has 8 rings (SSSR count). The van der Waals surface area contributed by atoms with E-state index in [1.807, 2.05) is 58.0 Å². The van der Waals surface area contributed by atoms with Gasteiger partial charge in [0.1, 0.15) is 5.60 Å². The summed E-state index contributed by atoms with van der Waals surface area (Å²) in [6, 6.07) is 28.1. The molecule has 0 bridgehead atoms. The van der Waals surface area contributed by atoms with Crippen molar-refractivity contribution >= 4 is 87.7 Å². The number of hydrogen-bond donors (Lipinski definition) is 6. The SMILES string of the molecule is CC(C)(CNC(=O)c1ccc(NC(=O)C(F)(F)F)cc1)CNc1ncc(Cl)c(C2=CCc3ccccc32)n1.CC(C)(CNC(=O)c1ccc(NC(=O)OC(C)(C)C)cc1)CNc1ncc(Cl)c(C2=CCc3ccccc32)n1.O=CC(F)(F)F.[2H]CC. The lowest BCUT2D eigenvalue weighted by atomic mass is 9.93. The molecule has 4 amide bonds. The third kappa shape index (κ3) is 21.0. The first-order chi connectivity index (χ1) is 40.3. The minimum atomic E-state index is -4.99. The molecule has 0 radical (unpaired) electrons.